The Balaban J connectivity index is 1.02. The molecule has 0 N–H and O–H groups in total. The molecule has 0 saturated carbocycles. The van der Waals surface area contributed by atoms with Gasteiger partial charge in [-0.05, 0) is 138 Å². The van der Waals surface area contributed by atoms with Crippen molar-refractivity contribution in [3.8, 4) is 0 Å². The first kappa shape index (κ1) is 35.5. The van der Waals surface area contributed by atoms with Crippen molar-refractivity contribution in [2.75, 3.05) is 9.80 Å². The van der Waals surface area contributed by atoms with Crippen LogP contribution in [-0.4, -0.2) is 0 Å². The van der Waals surface area contributed by atoms with Gasteiger partial charge in [-0.1, -0.05) is 138 Å². The third kappa shape index (κ3) is 8.91. The Bertz CT molecular complexity index is 2020. The van der Waals surface area contributed by atoms with Crippen molar-refractivity contribution in [3.05, 3.63) is 211 Å². The SMILES string of the molecule is Cc1ccc(N(c2ccc(Br)cc2)c2ccc(/C=C/c3ccc(/C=C/c4ccc(N(c5ccc(Br)cc5)c5ccc(Br)cc5)cc4)cc3)cc2)cc1. The van der Waals surface area contributed by atoms with Crippen LogP contribution in [0.1, 0.15) is 27.8 Å². The zero-order chi connectivity index (χ0) is 35.9. The van der Waals surface area contributed by atoms with Gasteiger partial charge in [0.15, 0.2) is 0 Å². The maximum Gasteiger partial charge on any atom is 0.0462 e. The van der Waals surface area contributed by atoms with Crippen LogP contribution >= 0.6 is 47.8 Å². The largest absolute Gasteiger partial charge is 0.311 e. The molecule has 7 aromatic carbocycles. The standard InChI is InChI=1S/C47H35Br3N2/c1-34-2-22-42(23-3-34)51(45-28-16-39(48)17-29-45)43-24-12-37(13-25-43)10-8-35-4-6-36(7-5-35)9-11-38-14-26-44(27-15-38)52(46-30-18-40(49)19-31-46)47-32-20-41(50)21-33-47/h2-33H,1H3/b10-8+,11-9+. The summed E-state index contributed by atoms with van der Waals surface area (Å²) in [6.45, 7) is 2.12. The second-order valence-corrected chi connectivity index (χ2v) is 15.2. The lowest BCUT2D eigenvalue weighted by Gasteiger charge is -2.25. The first-order chi connectivity index (χ1) is 25.4. The van der Waals surface area contributed by atoms with Gasteiger partial charge in [0.25, 0.3) is 0 Å². The van der Waals surface area contributed by atoms with Crippen molar-refractivity contribution in [3.63, 3.8) is 0 Å². The molecule has 2 nitrogen and oxygen atoms in total. The van der Waals surface area contributed by atoms with Crippen LogP contribution in [0.3, 0.4) is 0 Å². The summed E-state index contributed by atoms with van der Waals surface area (Å²) in [4.78, 5) is 4.54. The Labute approximate surface area is 331 Å². The summed E-state index contributed by atoms with van der Waals surface area (Å²) in [5, 5.41) is 0. The quantitative estimate of drug-likeness (QED) is 0.126. The molecular weight excluding hydrogens is 832 g/mol. The zero-order valence-corrected chi connectivity index (χ0v) is 33.3. The maximum atomic E-state index is 3.57. The topological polar surface area (TPSA) is 6.48 Å². The van der Waals surface area contributed by atoms with E-state index in [-0.39, 0.29) is 0 Å². The van der Waals surface area contributed by atoms with Crippen molar-refractivity contribution in [1.29, 1.82) is 0 Å². The van der Waals surface area contributed by atoms with Crippen LogP contribution < -0.4 is 9.80 Å². The van der Waals surface area contributed by atoms with Gasteiger partial charge < -0.3 is 9.80 Å². The van der Waals surface area contributed by atoms with Crippen LogP contribution in [-0.2, 0) is 0 Å². The minimum Gasteiger partial charge on any atom is -0.311 e. The fourth-order valence-electron chi connectivity index (χ4n) is 5.93. The molecule has 0 aliphatic rings. The Hall–Kier alpha value is -4.94. The first-order valence-corrected chi connectivity index (χ1v) is 19.4. The fourth-order valence-corrected chi connectivity index (χ4v) is 6.72. The highest BCUT2D eigenvalue weighted by Gasteiger charge is 2.13. The average Bonchev–Trinajstić information content (AvgIpc) is 3.18. The average molecular weight is 868 g/mol. The highest BCUT2D eigenvalue weighted by molar-refractivity contribution is 9.11. The molecule has 0 amide bonds. The Morgan fingerprint density at radius 1 is 0.288 bits per heavy atom. The van der Waals surface area contributed by atoms with E-state index >= 15 is 0 Å². The number of aryl methyl sites for hydroxylation is 1. The third-order valence-corrected chi connectivity index (χ3v) is 10.3. The first-order valence-electron chi connectivity index (χ1n) is 17.0. The molecule has 5 heteroatoms. The Morgan fingerprint density at radius 2 is 0.481 bits per heavy atom. The predicted molar refractivity (Wildman–Crippen MR) is 234 cm³/mol. The molecule has 7 aromatic rings. The highest BCUT2D eigenvalue weighted by Crippen LogP contribution is 2.37. The lowest BCUT2D eigenvalue weighted by Crippen LogP contribution is -2.09. The van der Waals surface area contributed by atoms with Crippen molar-refractivity contribution < 1.29 is 0 Å². The van der Waals surface area contributed by atoms with Crippen LogP contribution in [0.5, 0.6) is 0 Å². The van der Waals surface area contributed by atoms with E-state index in [1.807, 2.05) is 0 Å². The summed E-state index contributed by atoms with van der Waals surface area (Å²) in [7, 11) is 0. The van der Waals surface area contributed by atoms with Crippen LogP contribution in [0, 0.1) is 6.92 Å². The van der Waals surface area contributed by atoms with Crippen LogP contribution in [0.15, 0.2) is 183 Å². The normalized spacial score (nSPS) is 11.3. The van der Waals surface area contributed by atoms with Gasteiger partial charge in [0, 0.05) is 47.5 Å². The molecule has 7 rings (SSSR count). The highest BCUT2D eigenvalue weighted by atomic mass is 79.9. The monoisotopic (exact) mass is 864 g/mol. The summed E-state index contributed by atoms with van der Waals surface area (Å²) in [5.41, 5.74) is 12.5. The van der Waals surface area contributed by atoms with Gasteiger partial charge >= 0.3 is 0 Å². The summed E-state index contributed by atoms with van der Waals surface area (Å²) >= 11 is 10.7. The molecule has 0 saturated heterocycles. The van der Waals surface area contributed by atoms with Gasteiger partial charge in [0.05, 0.1) is 0 Å². The number of hydrogen-bond acceptors (Lipinski definition) is 2. The second kappa shape index (κ2) is 16.6. The van der Waals surface area contributed by atoms with Crippen molar-refractivity contribution in [1.82, 2.24) is 0 Å². The van der Waals surface area contributed by atoms with Gasteiger partial charge in [-0.2, -0.15) is 0 Å². The van der Waals surface area contributed by atoms with Gasteiger partial charge in [-0.3, -0.25) is 0 Å². The summed E-state index contributed by atoms with van der Waals surface area (Å²) in [6, 6.07) is 59.9. The van der Waals surface area contributed by atoms with E-state index in [9.17, 15) is 0 Å². The van der Waals surface area contributed by atoms with Crippen molar-refractivity contribution >= 4 is 106 Å². The van der Waals surface area contributed by atoms with E-state index in [0.29, 0.717) is 0 Å². The Kier molecular flexibility index (Phi) is 11.3. The molecule has 0 atom stereocenters. The molecule has 0 aliphatic carbocycles. The van der Waals surface area contributed by atoms with Gasteiger partial charge in [0.1, 0.15) is 0 Å². The Morgan fingerprint density at radius 3 is 0.731 bits per heavy atom. The maximum absolute atomic E-state index is 3.57. The molecule has 0 aliphatic heterocycles. The number of hydrogen-bond donors (Lipinski definition) is 0. The number of rotatable bonds is 10. The lowest BCUT2D eigenvalue weighted by molar-refractivity contribution is 1.27. The molecule has 0 heterocycles. The van der Waals surface area contributed by atoms with Crippen LogP contribution in [0.4, 0.5) is 34.1 Å². The number of nitrogens with zero attached hydrogens (tertiary/aromatic N) is 2. The third-order valence-electron chi connectivity index (χ3n) is 8.72. The smallest absolute Gasteiger partial charge is 0.0462 e. The molecule has 0 fully saturated rings. The van der Waals surface area contributed by atoms with Crippen molar-refractivity contribution in [2.45, 2.75) is 6.92 Å². The molecule has 0 radical (unpaired) electrons. The van der Waals surface area contributed by atoms with E-state index in [4.69, 9.17) is 0 Å². The minimum absolute atomic E-state index is 1.06. The fraction of sp³-hybridized carbons (Fsp3) is 0.0213. The molecule has 0 bridgehead atoms. The van der Waals surface area contributed by atoms with Crippen LogP contribution in [0.2, 0.25) is 0 Å². The number of anilines is 6. The molecule has 254 valence electrons. The van der Waals surface area contributed by atoms with E-state index in [1.54, 1.807) is 0 Å². The van der Waals surface area contributed by atoms with Gasteiger partial charge in [0.2, 0.25) is 0 Å². The molecule has 0 unspecified atom stereocenters. The van der Waals surface area contributed by atoms with Gasteiger partial charge in [-0.15, -0.1) is 0 Å². The predicted octanol–water partition coefficient (Wildman–Crippen LogP) is 15.6. The molecule has 0 aromatic heterocycles. The number of halogens is 3. The second-order valence-electron chi connectivity index (χ2n) is 12.5. The van der Waals surface area contributed by atoms with Crippen LogP contribution in [0.25, 0.3) is 24.3 Å². The zero-order valence-electron chi connectivity index (χ0n) is 28.5. The van der Waals surface area contributed by atoms with E-state index in [1.165, 1.54) is 5.56 Å². The van der Waals surface area contributed by atoms with E-state index in [0.717, 1.165) is 69.8 Å². The summed E-state index contributed by atoms with van der Waals surface area (Å²) in [6.07, 6.45) is 8.65. The molecule has 52 heavy (non-hydrogen) atoms. The summed E-state index contributed by atoms with van der Waals surface area (Å²) in [5.74, 6) is 0. The summed E-state index contributed by atoms with van der Waals surface area (Å²) < 4.78 is 3.18. The van der Waals surface area contributed by atoms with E-state index in [2.05, 4.69) is 259 Å². The van der Waals surface area contributed by atoms with E-state index < -0.39 is 0 Å². The number of benzene rings is 7. The van der Waals surface area contributed by atoms with Crippen molar-refractivity contribution in [2.24, 2.45) is 0 Å². The lowest BCUT2D eigenvalue weighted by atomic mass is 10.1. The molecule has 0 spiro atoms. The minimum atomic E-state index is 1.06. The van der Waals surface area contributed by atoms with Gasteiger partial charge in [-0.25, -0.2) is 0 Å². The molecular formula is C47H35Br3N2.